The normalized spacial score (nSPS) is 14.5. The van der Waals surface area contributed by atoms with E-state index >= 15 is 0 Å². The summed E-state index contributed by atoms with van der Waals surface area (Å²) in [6.45, 7) is 1.64. The molecule has 2 atom stereocenters. The highest BCUT2D eigenvalue weighted by Gasteiger charge is 2.11. The van der Waals surface area contributed by atoms with Crippen molar-refractivity contribution in [3.63, 3.8) is 0 Å². The molecule has 3 N–H and O–H groups in total. The van der Waals surface area contributed by atoms with Crippen molar-refractivity contribution < 1.29 is 18.8 Å². The fourth-order valence-electron chi connectivity index (χ4n) is 2.47. The van der Waals surface area contributed by atoms with Gasteiger partial charge in [0.1, 0.15) is 27.2 Å². The van der Waals surface area contributed by atoms with Crippen molar-refractivity contribution in [1.82, 2.24) is 9.71 Å². The summed E-state index contributed by atoms with van der Waals surface area (Å²) in [5.74, 6) is 1.90. The van der Waals surface area contributed by atoms with Crippen LogP contribution in [0.5, 0.6) is 17.2 Å². The number of fused-ring (bicyclic) bond motifs is 1. The zero-order valence-corrected chi connectivity index (χ0v) is 15.8. The molecule has 0 amide bonds. The monoisotopic (exact) mass is 387 g/mol. The molecule has 0 radical (unpaired) electrons. The first-order valence-electron chi connectivity index (χ1n) is 8.31. The lowest BCUT2D eigenvalue weighted by Gasteiger charge is -2.12. The lowest BCUT2D eigenvalue weighted by atomic mass is 10.2. The summed E-state index contributed by atoms with van der Waals surface area (Å²) in [5.41, 5.74) is 0.750. The minimum absolute atomic E-state index is 0.0764. The largest absolute Gasteiger partial charge is 0.497 e. The second-order valence-electron chi connectivity index (χ2n) is 6.02. The number of benzene rings is 2. The van der Waals surface area contributed by atoms with Crippen LogP contribution >= 0.6 is 0 Å². The van der Waals surface area contributed by atoms with E-state index in [1.54, 1.807) is 50.6 Å². The first-order chi connectivity index (χ1) is 12.9. The summed E-state index contributed by atoms with van der Waals surface area (Å²) < 4.78 is 34.0. The van der Waals surface area contributed by atoms with E-state index in [-0.39, 0.29) is 6.54 Å². The number of pyridine rings is 1. The average Bonchev–Trinajstić information content (AvgIpc) is 2.67. The van der Waals surface area contributed by atoms with Crippen molar-refractivity contribution in [1.29, 1.82) is 4.78 Å². The van der Waals surface area contributed by atoms with Crippen LogP contribution in [0, 0.1) is 4.78 Å². The topological polar surface area (TPSA) is 105 Å². The van der Waals surface area contributed by atoms with Gasteiger partial charge in [-0.05, 0) is 49.4 Å². The van der Waals surface area contributed by atoms with Gasteiger partial charge in [0.05, 0.1) is 23.6 Å². The molecule has 1 unspecified atom stereocenters. The highest BCUT2D eigenvalue weighted by atomic mass is 32.2. The third-order valence-electron chi connectivity index (χ3n) is 3.88. The van der Waals surface area contributed by atoms with Crippen LogP contribution in [0.25, 0.3) is 10.9 Å². The quantitative estimate of drug-likeness (QED) is 0.577. The van der Waals surface area contributed by atoms with E-state index in [9.17, 15) is 9.32 Å². The Morgan fingerprint density at radius 2 is 1.89 bits per heavy atom. The molecule has 0 aliphatic rings. The molecule has 0 saturated heterocycles. The first-order valence-corrected chi connectivity index (χ1v) is 9.87. The molecule has 3 aromatic rings. The standard InChI is InChI=1S/C19H21N3O4S/c1-13(23)12-22-27(20,24)16-6-3-14(4-7-16)26-19-9-10-21-18-11-15(25-2)5-8-17(18)19/h3-11,13,23H,12H2,1-2H3,(H2,20,22,24)/t13-,27?/m1/s1. The van der Waals surface area contributed by atoms with Gasteiger partial charge in [0.15, 0.2) is 0 Å². The zero-order chi connectivity index (χ0) is 19.4. The summed E-state index contributed by atoms with van der Waals surface area (Å²) in [6, 6.07) is 13.8. The molecule has 1 aromatic heterocycles. The molecule has 7 nitrogen and oxygen atoms in total. The predicted molar refractivity (Wildman–Crippen MR) is 104 cm³/mol. The molecule has 0 aliphatic heterocycles. The maximum atomic E-state index is 12.4. The number of methoxy groups -OCH3 is 1. The summed E-state index contributed by atoms with van der Waals surface area (Å²) in [6.07, 6.45) is 0.972. The van der Waals surface area contributed by atoms with Crippen molar-refractivity contribution in [3.05, 3.63) is 54.7 Å². The summed E-state index contributed by atoms with van der Waals surface area (Å²) >= 11 is 0. The molecular formula is C19H21N3O4S. The van der Waals surface area contributed by atoms with Gasteiger partial charge in [-0.2, -0.15) is 0 Å². The van der Waals surface area contributed by atoms with Crippen molar-refractivity contribution in [2.24, 2.45) is 0 Å². The van der Waals surface area contributed by atoms with Crippen LogP contribution in [-0.4, -0.2) is 34.1 Å². The van der Waals surface area contributed by atoms with Crippen molar-refractivity contribution in [2.75, 3.05) is 13.7 Å². The number of aromatic nitrogens is 1. The van der Waals surface area contributed by atoms with Gasteiger partial charge >= 0.3 is 0 Å². The Kier molecular flexibility index (Phi) is 5.59. The summed E-state index contributed by atoms with van der Waals surface area (Å²) in [5, 5.41) is 10.1. The maximum absolute atomic E-state index is 12.4. The lowest BCUT2D eigenvalue weighted by molar-refractivity contribution is 0.199. The smallest absolute Gasteiger partial charge is 0.138 e. The van der Waals surface area contributed by atoms with Crippen molar-refractivity contribution in [3.8, 4) is 17.2 Å². The van der Waals surface area contributed by atoms with Gasteiger partial charge in [0.2, 0.25) is 0 Å². The SMILES string of the molecule is COc1ccc2c(Oc3ccc(S(=N)(=O)NC[C@@H](C)O)cc3)ccnc2c1. The van der Waals surface area contributed by atoms with E-state index < -0.39 is 16.0 Å². The average molecular weight is 387 g/mol. The molecular weight excluding hydrogens is 366 g/mol. The van der Waals surface area contributed by atoms with Crippen LogP contribution in [-0.2, 0) is 9.92 Å². The van der Waals surface area contributed by atoms with Gasteiger partial charge in [-0.1, -0.05) is 0 Å². The van der Waals surface area contributed by atoms with Crippen LogP contribution in [0.4, 0.5) is 0 Å². The predicted octanol–water partition coefficient (Wildman–Crippen LogP) is 3.33. The van der Waals surface area contributed by atoms with Crippen LogP contribution in [0.1, 0.15) is 6.92 Å². The van der Waals surface area contributed by atoms with E-state index in [1.807, 2.05) is 18.2 Å². The number of nitrogens with one attached hydrogen (secondary N) is 2. The molecule has 2 aromatic carbocycles. The number of aliphatic hydroxyl groups is 1. The minimum Gasteiger partial charge on any atom is -0.497 e. The van der Waals surface area contributed by atoms with E-state index in [2.05, 4.69) is 9.71 Å². The number of hydrogen-bond acceptors (Lipinski definition) is 6. The number of ether oxygens (including phenoxy) is 2. The second-order valence-corrected chi connectivity index (χ2v) is 7.89. The zero-order valence-electron chi connectivity index (χ0n) is 15.0. The third kappa shape index (κ3) is 4.54. The van der Waals surface area contributed by atoms with Crippen LogP contribution in [0.15, 0.2) is 59.6 Å². The van der Waals surface area contributed by atoms with Gasteiger partial charge in [0.25, 0.3) is 0 Å². The molecule has 0 fully saturated rings. The van der Waals surface area contributed by atoms with Gasteiger partial charge < -0.3 is 14.6 Å². The molecule has 1 heterocycles. The van der Waals surface area contributed by atoms with E-state index in [1.165, 1.54) is 0 Å². The number of nitrogens with zero attached hydrogens (tertiary/aromatic N) is 1. The fraction of sp³-hybridized carbons (Fsp3) is 0.211. The Balaban J connectivity index is 1.82. The minimum atomic E-state index is -3.18. The number of rotatable bonds is 7. The maximum Gasteiger partial charge on any atom is 0.138 e. The fourth-order valence-corrected chi connectivity index (χ4v) is 3.63. The molecule has 0 spiro atoms. The second kappa shape index (κ2) is 7.91. The Bertz CT molecular complexity index is 1030. The molecule has 27 heavy (non-hydrogen) atoms. The molecule has 142 valence electrons. The van der Waals surface area contributed by atoms with Gasteiger partial charge in [-0.3, -0.25) is 4.98 Å². The Morgan fingerprint density at radius 1 is 1.19 bits per heavy atom. The van der Waals surface area contributed by atoms with Crippen LogP contribution in [0.2, 0.25) is 0 Å². The molecule has 8 heteroatoms. The Labute approximate surface area is 158 Å². The van der Waals surface area contributed by atoms with Gasteiger partial charge in [-0.15, -0.1) is 0 Å². The van der Waals surface area contributed by atoms with Crippen molar-refractivity contribution >= 4 is 20.8 Å². The highest BCUT2D eigenvalue weighted by Crippen LogP contribution is 2.31. The third-order valence-corrected chi connectivity index (χ3v) is 5.38. The van der Waals surface area contributed by atoms with Gasteiger partial charge in [-0.25, -0.2) is 13.7 Å². The molecule has 0 aliphatic carbocycles. The van der Waals surface area contributed by atoms with Gasteiger partial charge in [0, 0.05) is 24.2 Å². The van der Waals surface area contributed by atoms with E-state index in [0.29, 0.717) is 22.1 Å². The van der Waals surface area contributed by atoms with Crippen LogP contribution in [0.3, 0.4) is 0 Å². The van der Waals surface area contributed by atoms with Crippen LogP contribution < -0.4 is 14.2 Å². The van der Waals surface area contributed by atoms with E-state index in [0.717, 1.165) is 10.9 Å². The Hall–Kier alpha value is -2.68. The van der Waals surface area contributed by atoms with E-state index in [4.69, 9.17) is 14.3 Å². The first kappa shape index (κ1) is 19.1. The lowest BCUT2D eigenvalue weighted by Crippen LogP contribution is -2.29. The summed E-state index contributed by atoms with van der Waals surface area (Å²) in [4.78, 5) is 4.64. The highest BCUT2D eigenvalue weighted by molar-refractivity contribution is 7.90. The Morgan fingerprint density at radius 3 is 2.56 bits per heavy atom. The summed E-state index contributed by atoms with van der Waals surface area (Å²) in [7, 11) is -1.58. The molecule has 0 saturated carbocycles. The number of aliphatic hydroxyl groups excluding tert-OH is 1. The number of hydrogen-bond donors (Lipinski definition) is 3. The van der Waals surface area contributed by atoms with Crippen molar-refractivity contribution in [2.45, 2.75) is 17.9 Å². The molecule has 0 bridgehead atoms. The molecule has 3 rings (SSSR count).